The van der Waals surface area contributed by atoms with Crippen molar-refractivity contribution in [1.82, 2.24) is 0 Å². The summed E-state index contributed by atoms with van der Waals surface area (Å²) in [6.45, 7) is 0. The smallest absolute Gasteiger partial charge is 0.104 e. The fraction of sp³-hybridized carbons (Fsp3) is 0.833. The molecule has 1 saturated carbocycles. The van der Waals surface area contributed by atoms with Crippen LogP contribution in [0.3, 0.4) is 0 Å². The predicted octanol–water partition coefficient (Wildman–Crippen LogP) is 0.781. The van der Waals surface area contributed by atoms with Crippen molar-refractivity contribution in [3.63, 3.8) is 0 Å². The molecular formula is C6H10N2. The molecule has 1 fully saturated rings. The first-order valence-electron chi connectivity index (χ1n) is 2.97. The SMILES string of the molecule is N#CC1(N)CCCC1. The van der Waals surface area contributed by atoms with E-state index < -0.39 is 5.54 Å². The molecule has 0 unspecified atom stereocenters. The lowest BCUT2D eigenvalue weighted by Crippen LogP contribution is -2.33. The lowest BCUT2D eigenvalue weighted by molar-refractivity contribution is 0.564. The molecule has 2 N–H and O–H groups in total. The van der Waals surface area contributed by atoms with Gasteiger partial charge < -0.3 is 5.73 Å². The van der Waals surface area contributed by atoms with Crippen molar-refractivity contribution in [2.75, 3.05) is 0 Å². The van der Waals surface area contributed by atoms with Gasteiger partial charge in [0, 0.05) is 0 Å². The fourth-order valence-electron chi connectivity index (χ4n) is 1.12. The molecule has 0 radical (unpaired) electrons. The molecule has 0 aromatic heterocycles. The molecule has 1 aliphatic carbocycles. The maximum atomic E-state index is 8.45. The van der Waals surface area contributed by atoms with E-state index in [4.69, 9.17) is 11.0 Å². The van der Waals surface area contributed by atoms with E-state index in [1.54, 1.807) is 0 Å². The number of nitriles is 1. The van der Waals surface area contributed by atoms with Crippen LogP contribution in [-0.4, -0.2) is 5.54 Å². The quantitative estimate of drug-likeness (QED) is 0.501. The van der Waals surface area contributed by atoms with E-state index in [0.29, 0.717) is 0 Å². The Labute approximate surface area is 49.3 Å². The van der Waals surface area contributed by atoms with Crippen LogP contribution in [0.2, 0.25) is 0 Å². The molecule has 2 heteroatoms. The number of nitrogens with zero attached hydrogens (tertiary/aromatic N) is 1. The molecule has 0 aliphatic heterocycles. The Morgan fingerprint density at radius 1 is 1.38 bits per heavy atom. The third-order valence-electron chi connectivity index (χ3n) is 1.72. The summed E-state index contributed by atoms with van der Waals surface area (Å²) in [5.41, 5.74) is 5.14. The van der Waals surface area contributed by atoms with Crippen molar-refractivity contribution in [3.05, 3.63) is 0 Å². The molecule has 0 heterocycles. The minimum absolute atomic E-state index is 0.458. The highest BCUT2D eigenvalue weighted by atomic mass is 14.7. The van der Waals surface area contributed by atoms with Crippen LogP contribution in [0.15, 0.2) is 0 Å². The van der Waals surface area contributed by atoms with Crippen LogP contribution in [0.4, 0.5) is 0 Å². The van der Waals surface area contributed by atoms with Gasteiger partial charge in [0.1, 0.15) is 5.54 Å². The van der Waals surface area contributed by atoms with E-state index in [-0.39, 0.29) is 0 Å². The van der Waals surface area contributed by atoms with Gasteiger partial charge in [-0.3, -0.25) is 0 Å². The first-order valence-corrected chi connectivity index (χ1v) is 2.97. The molecular weight excluding hydrogens is 100 g/mol. The van der Waals surface area contributed by atoms with E-state index in [0.717, 1.165) is 25.7 Å². The first-order chi connectivity index (χ1) is 3.77. The second-order valence-corrected chi connectivity index (χ2v) is 2.48. The molecule has 0 aromatic rings. The topological polar surface area (TPSA) is 49.8 Å². The van der Waals surface area contributed by atoms with Gasteiger partial charge in [0.25, 0.3) is 0 Å². The van der Waals surface area contributed by atoms with Crippen molar-refractivity contribution in [2.45, 2.75) is 31.2 Å². The monoisotopic (exact) mass is 110 g/mol. The molecule has 0 atom stereocenters. The summed E-state index contributed by atoms with van der Waals surface area (Å²) in [5.74, 6) is 0. The van der Waals surface area contributed by atoms with Gasteiger partial charge in [0.05, 0.1) is 6.07 Å². The summed E-state index contributed by atoms with van der Waals surface area (Å²) in [5, 5.41) is 8.45. The average molecular weight is 110 g/mol. The molecule has 0 spiro atoms. The van der Waals surface area contributed by atoms with Gasteiger partial charge in [-0.25, -0.2) is 0 Å². The Morgan fingerprint density at radius 3 is 2.12 bits per heavy atom. The summed E-state index contributed by atoms with van der Waals surface area (Å²) < 4.78 is 0. The van der Waals surface area contributed by atoms with Gasteiger partial charge in [0.2, 0.25) is 0 Å². The molecule has 1 aliphatic rings. The molecule has 0 bridgehead atoms. The maximum absolute atomic E-state index is 8.45. The molecule has 0 aromatic carbocycles. The van der Waals surface area contributed by atoms with Crippen LogP contribution in [0, 0.1) is 11.3 Å². The minimum atomic E-state index is -0.458. The zero-order valence-corrected chi connectivity index (χ0v) is 4.85. The van der Waals surface area contributed by atoms with E-state index >= 15 is 0 Å². The molecule has 0 amide bonds. The van der Waals surface area contributed by atoms with Gasteiger partial charge in [-0.2, -0.15) is 5.26 Å². The van der Waals surface area contributed by atoms with E-state index in [1.165, 1.54) is 0 Å². The fourth-order valence-corrected chi connectivity index (χ4v) is 1.12. The Balaban J connectivity index is 2.56. The van der Waals surface area contributed by atoms with E-state index in [2.05, 4.69) is 6.07 Å². The minimum Gasteiger partial charge on any atom is -0.313 e. The lowest BCUT2D eigenvalue weighted by atomic mass is 10.0. The number of hydrogen-bond acceptors (Lipinski definition) is 2. The predicted molar refractivity (Wildman–Crippen MR) is 31.0 cm³/mol. The summed E-state index contributed by atoms with van der Waals surface area (Å²) >= 11 is 0. The molecule has 44 valence electrons. The van der Waals surface area contributed by atoms with Crippen molar-refractivity contribution < 1.29 is 0 Å². The number of rotatable bonds is 0. The standard InChI is InChI=1S/C6H10N2/c7-5-6(8)3-1-2-4-6/h1-4,8H2. The normalized spacial score (nSPS) is 25.0. The van der Waals surface area contributed by atoms with Crippen LogP contribution in [0.5, 0.6) is 0 Å². The van der Waals surface area contributed by atoms with Crippen LogP contribution >= 0.6 is 0 Å². The van der Waals surface area contributed by atoms with Gasteiger partial charge in [-0.1, -0.05) is 12.8 Å². The third kappa shape index (κ3) is 0.823. The van der Waals surface area contributed by atoms with Gasteiger partial charge >= 0.3 is 0 Å². The highest BCUT2D eigenvalue weighted by molar-refractivity contribution is 5.07. The average Bonchev–Trinajstić information content (AvgIpc) is 2.17. The highest BCUT2D eigenvalue weighted by Gasteiger charge is 2.28. The zero-order valence-electron chi connectivity index (χ0n) is 4.85. The van der Waals surface area contributed by atoms with Crippen molar-refractivity contribution >= 4 is 0 Å². The molecule has 2 nitrogen and oxygen atoms in total. The van der Waals surface area contributed by atoms with Gasteiger partial charge in [-0.05, 0) is 12.8 Å². The Bertz CT molecular complexity index is 117. The Morgan fingerprint density at radius 2 is 1.88 bits per heavy atom. The summed E-state index contributed by atoms with van der Waals surface area (Å²) in [4.78, 5) is 0. The van der Waals surface area contributed by atoms with Crippen molar-refractivity contribution in [3.8, 4) is 6.07 Å². The van der Waals surface area contributed by atoms with Crippen LogP contribution in [-0.2, 0) is 0 Å². The van der Waals surface area contributed by atoms with Crippen LogP contribution < -0.4 is 5.73 Å². The van der Waals surface area contributed by atoms with Crippen LogP contribution in [0.25, 0.3) is 0 Å². The second kappa shape index (κ2) is 1.75. The summed E-state index contributed by atoms with van der Waals surface area (Å²) in [6.07, 6.45) is 4.04. The van der Waals surface area contributed by atoms with E-state index in [9.17, 15) is 0 Å². The second-order valence-electron chi connectivity index (χ2n) is 2.48. The van der Waals surface area contributed by atoms with E-state index in [1.807, 2.05) is 0 Å². The Hall–Kier alpha value is -0.550. The lowest BCUT2D eigenvalue weighted by Gasteiger charge is -2.10. The summed E-state index contributed by atoms with van der Waals surface area (Å²) in [7, 11) is 0. The first kappa shape index (κ1) is 5.58. The third-order valence-corrected chi connectivity index (χ3v) is 1.72. The number of nitrogens with two attached hydrogens (primary N) is 1. The zero-order chi connectivity index (χ0) is 6.04. The number of hydrogen-bond donors (Lipinski definition) is 1. The molecule has 0 saturated heterocycles. The molecule has 8 heavy (non-hydrogen) atoms. The Kier molecular flexibility index (Phi) is 1.22. The largest absolute Gasteiger partial charge is 0.313 e. The maximum Gasteiger partial charge on any atom is 0.104 e. The van der Waals surface area contributed by atoms with Crippen LogP contribution in [0.1, 0.15) is 25.7 Å². The van der Waals surface area contributed by atoms with Gasteiger partial charge in [-0.15, -0.1) is 0 Å². The summed E-state index contributed by atoms with van der Waals surface area (Å²) in [6, 6.07) is 2.12. The van der Waals surface area contributed by atoms with Gasteiger partial charge in [0.15, 0.2) is 0 Å². The van der Waals surface area contributed by atoms with Crippen molar-refractivity contribution in [1.29, 1.82) is 5.26 Å². The van der Waals surface area contributed by atoms with Crippen molar-refractivity contribution in [2.24, 2.45) is 5.73 Å². The molecule has 1 rings (SSSR count). The highest BCUT2D eigenvalue weighted by Crippen LogP contribution is 2.25.